The number of carbonyl (C=O) groups excluding carboxylic acids is 1. The van der Waals surface area contributed by atoms with Crippen molar-refractivity contribution in [3.63, 3.8) is 0 Å². The van der Waals surface area contributed by atoms with E-state index in [0.29, 0.717) is 0 Å². The summed E-state index contributed by atoms with van der Waals surface area (Å²) in [7, 11) is 0. The molecule has 92 valence electrons. The summed E-state index contributed by atoms with van der Waals surface area (Å²) in [5, 5.41) is 20.6. The molecule has 0 saturated carbocycles. The second-order valence-electron chi connectivity index (χ2n) is 3.63. The first-order valence-corrected chi connectivity index (χ1v) is 4.74. The van der Waals surface area contributed by atoms with E-state index in [1.165, 1.54) is 12.1 Å². The van der Waals surface area contributed by atoms with Gasteiger partial charge in [-0.2, -0.15) is 0 Å². The number of aromatic hydroxyl groups is 2. The number of ether oxygens (including phenoxy) is 1. The monoisotopic (exact) mass is 245 g/mol. The summed E-state index contributed by atoms with van der Waals surface area (Å²) in [5.41, 5.74) is -0.258. The third-order valence-corrected chi connectivity index (χ3v) is 2.44. The van der Waals surface area contributed by atoms with Crippen molar-refractivity contribution < 1.29 is 28.5 Å². The molecule has 1 amide bonds. The maximum Gasteiger partial charge on any atom is 0.408 e. The van der Waals surface area contributed by atoms with Gasteiger partial charge in [0.25, 0.3) is 0 Å². The smallest absolute Gasteiger partial charge is 0.408 e. The average Bonchev–Trinajstić information content (AvgIpc) is 2.26. The van der Waals surface area contributed by atoms with Crippen molar-refractivity contribution in [2.24, 2.45) is 0 Å². The molecule has 3 N–H and O–H groups in total. The zero-order valence-corrected chi connectivity index (χ0v) is 8.48. The highest BCUT2D eigenvalue weighted by atomic mass is 19.3. The Bertz CT molecular complexity index is 464. The molecule has 1 saturated heterocycles. The molecular weight excluding hydrogens is 236 g/mol. The van der Waals surface area contributed by atoms with Crippen LogP contribution in [0.3, 0.4) is 0 Å². The summed E-state index contributed by atoms with van der Waals surface area (Å²) in [5.74, 6) is -4.57. The Labute approximate surface area is 94.6 Å². The molecule has 1 aromatic carbocycles. The maximum absolute atomic E-state index is 13.5. The number of para-hydroxylation sites is 1. The summed E-state index contributed by atoms with van der Waals surface area (Å²) >= 11 is 0. The minimum Gasteiger partial charge on any atom is -0.504 e. The molecule has 1 aliphatic rings. The van der Waals surface area contributed by atoms with E-state index in [1.54, 1.807) is 0 Å². The van der Waals surface area contributed by atoms with Gasteiger partial charge in [0.05, 0.1) is 0 Å². The summed E-state index contributed by atoms with van der Waals surface area (Å²) < 4.78 is 31.2. The summed E-state index contributed by atoms with van der Waals surface area (Å²) in [6, 6.07) is 1.91. The highest BCUT2D eigenvalue weighted by Gasteiger charge is 2.48. The van der Waals surface area contributed by atoms with E-state index in [1.807, 2.05) is 5.32 Å². The van der Waals surface area contributed by atoms with Crippen molar-refractivity contribution in [3.8, 4) is 11.5 Å². The van der Waals surface area contributed by atoms with E-state index in [-0.39, 0.29) is 5.56 Å². The highest BCUT2D eigenvalue weighted by molar-refractivity contribution is 5.69. The van der Waals surface area contributed by atoms with Crippen LogP contribution >= 0.6 is 0 Å². The minimum absolute atomic E-state index is 0.258. The van der Waals surface area contributed by atoms with Crippen LogP contribution in [0.15, 0.2) is 18.2 Å². The Morgan fingerprint density at radius 2 is 2.12 bits per heavy atom. The number of phenolic OH excluding ortho intramolecular Hbond substituents is 2. The molecule has 1 atom stereocenters. The van der Waals surface area contributed by atoms with E-state index in [9.17, 15) is 23.8 Å². The van der Waals surface area contributed by atoms with Crippen LogP contribution < -0.4 is 5.32 Å². The van der Waals surface area contributed by atoms with Gasteiger partial charge in [0.1, 0.15) is 6.04 Å². The first kappa shape index (κ1) is 11.4. The van der Waals surface area contributed by atoms with Gasteiger partial charge in [-0.3, -0.25) is 0 Å². The molecule has 1 aromatic rings. The Balaban J connectivity index is 2.43. The largest absolute Gasteiger partial charge is 0.504 e. The van der Waals surface area contributed by atoms with Gasteiger partial charge in [0, 0.05) is 5.56 Å². The van der Waals surface area contributed by atoms with Gasteiger partial charge in [-0.1, -0.05) is 12.1 Å². The lowest BCUT2D eigenvalue weighted by Gasteiger charge is -2.32. The molecule has 0 spiro atoms. The Hall–Kier alpha value is -2.05. The van der Waals surface area contributed by atoms with Gasteiger partial charge >= 0.3 is 12.0 Å². The second-order valence-corrected chi connectivity index (χ2v) is 3.63. The topological polar surface area (TPSA) is 78.8 Å². The van der Waals surface area contributed by atoms with Crippen LogP contribution in [-0.2, 0) is 4.74 Å². The normalized spacial score (nSPS) is 22.7. The Kier molecular flexibility index (Phi) is 2.53. The molecule has 0 unspecified atom stereocenters. The third-order valence-electron chi connectivity index (χ3n) is 2.44. The van der Waals surface area contributed by atoms with E-state index in [2.05, 4.69) is 4.74 Å². The zero-order valence-electron chi connectivity index (χ0n) is 8.48. The number of nitrogens with one attached hydrogen (secondary N) is 1. The lowest BCUT2D eigenvalue weighted by molar-refractivity contribution is -0.104. The van der Waals surface area contributed by atoms with Crippen molar-refractivity contribution in [2.45, 2.75) is 12.0 Å². The molecule has 1 heterocycles. The first-order chi connectivity index (χ1) is 7.92. The molecule has 1 fully saturated rings. The van der Waals surface area contributed by atoms with E-state index in [0.717, 1.165) is 6.07 Å². The van der Waals surface area contributed by atoms with Crippen LogP contribution in [0, 0.1) is 0 Å². The molecule has 0 bridgehead atoms. The number of amides is 1. The molecule has 2 rings (SSSR count). The number of hydrogen-bond donors (Lipinski definition) is 3. The SMILES string of the molecule is O=C1N[C@@H](c2cccc(O)c2O)C(F)(F)CO1. The number of benzene rings is 1. The minimum atomic E-state index is -3.36. The van der Waals surface area contributed by atoms with Crippen LogP contribution in [-0.4, -0.2) is 28.8 Å². The van der Waals surface area contributed by atoms with Crippen LogP contribution in [0.2, 0.25) is 0 Å². The van der Waals surface area contributed by atoms with Crippen LogP contribution in [0.25, 0.3) is 0 Å². The quantitative estimate of drug-likeness (QED) is 0.655. The van der Waals surface area contributed by atoms with Crippen LogP contribution in [0.5, 0.6) is 11.5 Å². The number of carbonyl (C=O) groups is 1. The van der Waals surface area contributed by atoms with E-state index in [4.69, 9.17) is 0 Å². The van der Waals surface area contributed by atoms with Gasteiger partial charge in [-0.05, 0) is 6.07 Å². The number of rotatable bonds is 1. The summed E-state index contributed by atoms with van der Waals surface area (Å²) in [6.45, 7) is -1.07. The van der Waals surface area contributed by atoms with Crippen molar-refractivity contribution in [1.82, 2.24) is 5.32 Å². The van der Waals surface area contributed by atoms with Crippen molar-refractivity contribution in [2.75, 3.05) is 6.61 Å². The van der Waals surface area contributed by atoms with Gasteiger partial charge in [-0.15, -0.1) is 0 Å². The standard InChI is InChI=1S/C10H9F2NO4/c11-10(12)4-17-9(16)13-8(10)5-2-1-3-6(14)7(5)15/h1-3,8,14-15H,4H2,(H,13,16)/t8-/m0/s1. The lowest BCUT2D eigenvalue weighted by atomic mass is 9.99. The van der Waals surface area contributed by atoms with Gasteiger partial charge < -0.3 is 20.3 Å². The summed E-state index contributed by atoms with van der Waals surface area (Å²) in [4.78, 5) is 10.9. The Morgan fingerprint density at radius 3 is 2.82 bits per heavy atom. The zero-order chi connectivity index (χ0) is 12.6. The molecular formula is C10H9F2NO4. The number of cyclic esters (lactones) is 1. The number of hydrogen-bond acceptors (Lipinski definition) is 4. The van der Waals surface area contributed by atoms with E-state index < -0.39 is 36.2 Å². The van der Waals surface area contributed by atoms with Crippen molar-refractivity contribution >= 4 is 6.09 Å². The molecule has 0 radical (unpaired) electrons. The van der Waals surface area contributed by atoms with Crippen molar-refractivity contribution in [3.05, 3.63) is 23.8 Å². The molecule has 7 heteroatoms. The van der Waals surface area contributed by atoms with Crippen molar-refractivity contribution in [1.29, 1.82) is 0 Å². The fraction of sp³-hybridized carbons (Fsp3) is 0.300. The van der Waals surface area contributed by atoms with Crippen LogP contribution in [0.4, 0.5) is 13.6 Å². The predicted molar refractivity (Wildman–Crippen MR) is 51.9 cm³/mol. The van der Waals surface area contributed by atoms with Gasteiger partial charge in [0.15, 0.2) is 18.1 Å². The second kappa shape index (κ2) is 3.76. The van der Waals surface area contributed by atoms with Gasteiger partial charge in [-0.25, -0.2) is 13.6 Å². The third kappa shape index (κ3) is 1.95. The van der Waals surface area contributed by atoms with E-state index >= 15 is 0 Å². The molecule has 1 aliphatic heterocycles. The average molecular weight is 245 g/mol. The number of phenols is 2. The number of alkyl carbamates (subject to hydrolysis) is 1. The lowest BCUT2D eigenvalue weighted by Crippen LogP contribution is -2.49. The summed E-state index contributed by atoms with van der Waals surface area (Å²) in [6.07, 6.45) is -0.997. The fourth-order valence-corrected chi connectivity index (χ4v) is 1.60. The molecule has 0 aromatic heterocycles. The molecule has 17 heavy (non-hydrogen) atoms. The molecule has 0 aliphatic carbocycles. The molecule has 5 nitrogen and oxygen atoms in total. The maximum atomic E-state index is 13.5. The van der Waals surface area contributed by atoms with Gasteiger partial charge in [0.2, 0.25) is 0 Å². The fourth-order valence-electron chi connectivity index (χ4n) is 1.60. The predicted octanol–water partition coefficient (Wildman–Crippen LogP) is 1.51. The number of alkyl halides is 2. The van der Waals surface area contributed by atoms with Crippen LogP contribution in [0.1, 0.15) is 11.6 Å². The first-order valence-electron chi connectivity index (χ1n) is 4.74. The Morgan fingerprint density at radius 1 is 1.41 bits per heavy atom. The highest BCUT2D eigenvalue weighted by Crippen LogP contribution is 2.41. The number of halogens is 2.